The first-order valence-electron chi connectivity index (χ1n) is 4.97. The third kappa shape index (κ3) is 2.20. The van der Waals surface area contributed by atoms with Crippen molar-refractivity contribution >= 4 is 33.9 Å². The monoisotopic (exact) mass is 346 g/mol. The summed E-state index contributed by atoms with van der Waals surface area (Å²) < 4.78 is 0.661. The highest BCUT2D eigenvalue weighted by Gasteiger charge is 2.08. The van der Waals surface area contributed by atoms with E-state index in [0.29, 0.717) is 9.39 Å². The van der Waals surface area contributed by atoms with E-state index in [1.807, 2.05) is 35.6 Å². The van der Waals surface area contributed by atoms with Gasteiger partial charge in [-0.1, -0.05) is 6.92 Å². The molecule has 0 aromatic carbocycles. The number of aromatic amines is 1. The van der Waals surface area contributed by atoms with E-state index in [1.54, 1.807) is 11.3 Å². The third-order valence-electron chi connectivity index (χ3n) is 2.27. The molecule has 16 heavy (non-hydrogen) atoms. The number of hydrogen-bond donors (Lipinski definition) is 1. The molecule has 0 radical (unpaired) electrons. The van der Waals surface area contributed by atoms with Crippen LogP contribution < -0.4 is 5.56 Å². The average molecular weight is 346 g/mol. The maximum Gasteiger partial charge on any atom is 0.264 e. The molecule has 0 aliphatic heterocycles. The maximum absolute atomic E-state index is 11.6. The lowest BCUT2D eigenvalue weighted by Crippen LogP contribution is -2.14. The summed E-state index contributed by atoms with van der Waals surface area (Å²) >= 11 is 3.69. The Balaban J connectivity index is 2.52. The largest absolute Gasteiger partial charge is 0.305 e. The van der Waals surface area contributed by atoms with E-state index in [-0.39, 0.29) is 5.56 Å². The van der Waals surface area contributed by atoms with E-state index >= 15 is 0 Å². The Morgan fingerprint density at radius 2 is 2.25 bits per heavy atom. The topological polar surface area (TPSA) is 45.8 Å². The van der Waals surface area contributed by atoms with Crippen molar-refractivity contribution in [3.8, 4) is 10.7 Å². The molecule has 0 unspecified atom stereocenters. The van der Waals surface area contributed by atoms with Crippen LogP contribution in [0.5, 0.6) is 0 Å². The van der Waals surface area contributed by atoms with Crippen molar-refractivity contribution in [3.63, 3.8) is 0 Å². The summed E-state index contributed by atoms with van der Waals surface area (Å²) in [5.41, 5.74) is 0.723. The van der Waals surface area contributed by atoms with Gasteiger partial charge in [0.25, 0.3) is 5.56 Å². The molecular weight excluding hydrogens is 335 g/mol. The summed E-state index contributed by atoms with van der Waals surface area (Å²) in [5, 5.41) is 0. The average Bonchev–Trinajstić information content (AvgIpc) is 2.73. The van der Waals surface area contributed by atoms with Crippen molar-refractivity contribution in [3.05, 3.63) is 36.6 Å². The van der Waals surface area contributed by atoms with Crippen LogP contribution in [0, 0.1) is 10.5 Å². The number of aromatic nitrogens is 2. The highest BCUT2D eigenvalue weighted by molar-refractivity contribution is 14.1. The SMILES string of the molecule is CCc1ccc(-c2nc(C)c(I)c(=O)[nH]2)s1. The number of hydrogen-bond acceptors (Lipinski definition) is 3. The Hall–Kier alpha value is -0.690. The molecule has 0 atom stereocenters. The van der Waals surface area contributed by atoms with Gasteiger partial charge >= 0.3 is 0 Å². The number of halogens is 1. The van der Waals surface area contributed by atoms with Gasteiger partial charge in [-0.15, -0.1) is 11.3 Å². The lowest BCUT2D eigenvalue weighted by atomic mass is 10.3. The highest BCUT2D eigenvalue weighted by atomic mass is 127. The van der Waals surface area contributed by atoms with Crippen molar-refractivity contribution in [2.45, 2.75) is 20.3 Å². The highest BCUT2D eigenvalue weighted by Crippen LogP contribution is 2.25. The summed E-state index contributed by atoms with van der Waals surface area (Å²) in [6.07, 6.45) is 1.01. The van der Waals surface area contributed by atoms with Crippen LogP contribution in [-0.2, 0) is 6.42 Å². The molecule has 0 saturated heterocycles. The molecule has 0 aliphatic carbocycles. The van der Waals surface area contributed by atoms with E-state index in [4.69, 9.17) is 0 Å². The second kappa shape index (κ2) is 4.67. The first-order chi connectivity index (χ1) is 7.61. The predicted octanol–water partition coefficient (Wildman–Crippen LogP) is 2.97. The second-order valence-electron chi connectivity index (χ2n) is 3.43. The van der Waals surface area contributed by atoms with Crippen LogP contribution in [0.1, 0.15) is 17.5 Å². The maximum atomic E-state index is 11.6. The Kier molecular flexibility index (Phi) is 3.44. The number of aryl methyl sites for hydroxylation is 2. The molecule has 0 fully saturated rings. The van der Waals surface area contributed by atoms with Gasteiger partial charge in [-0.05, 0) is 48.1 Å². The number of H-pyrrole nitrogens is 1. The molecule has 1 N–H and O–H groups in total. The van der Waals surface area contributed by atoms with Crippen LogP contribution in [0.4, 0.5) is 0 Å². The quantitative estimate of drug-likeness (QED) is 0.850. The molecule has 2 heterocycles. The molecule has 3 nitrogen and oxygen atoms in total. The zero-order valence-electron chi connectivity index (χ0n) is 9.00. The number of thiophene rings is 1. The summed E-state index contributed by atoms with van der Waals surface area (Å²) in [7, 11) is 0. The molecule has 0 saturated carbocycles. The van der Waals surface area contributed by atoms with E-state index in [2.05, 4.69) is 23.0 Å². The van der Waals surface area contributed by atoms with Gasteiger partial charge < -0.3 is 4.98 Å². The minimum atomic E-state index is -0.0606. The summed E-state index contributed by atoms with van der Waals surface area (Å²) in [6, 6.07) is 4.08. The zero-order chi connectivity index (χ0) is 11.7. The Morgan fingerprint density at radius 3 is 2.81 bits per heavy atom. The van der Waals surface area contributed by atoms with Crippen molar-refractivity contribution in [1.82, 2.24) is 9.97 Å². The van der Waals surface area contributed by atoms with E-state index in [0.717, 1.165) is 17.0 Å². The van der Waals surface area contributed by atoms with Crippen molar-refractivity contribution in [2.75, 3.05) is 0 Å². The molecule has 0 bridgehead atoms. The Morgan fingerprint density at radius 1 is 1.50 bits per heavy atom. The molecule has 84 valence electrons. The molecule has 0 aliphatic rings. The molecule has 2 aromatic rings. The van der Waals surface area contributed by atoms with Gasteiger partial charge in [0.1, 0.15) is 0 Å². The van der Waals surface area contributed by atoms with Gasteiger partial charge in [0, 0.05) is 4.88 Å². The molecule has 0 spiro atoms. The van der Waals surface area contributed by atoms with Gasteiger partial charge in [-0.2, -0.15) is 0 Å². The number of nitrogens with zero attached hydrogens (tertiary/aromatic N) is 1. The van der Waals surface area contributed by atoms with E-state index < -0.39 is 0 Å². The first kappa shape index (κ1) is 11.8. The minimum absolute atomic E-state index is 0.0606. The standard InChI is InChI=1S/C11H11IN2OS/c1-3-7-4-5-8(16-7)10-13-6(2)9(12)11(15)14-10/h4-5H,3H2,1-2H3,(H,13,14,15). The smallest absolute Gasteiger partial charge is 0.264 e. The third-order valence-corrected chi connectivity index (χ3v) is 4.78. The Bertz CT molecular complexity index is 574. The molecular formula is C11H11IN2OS. The zero-order valence-corrected chi connectivity index (χ0v) is 12.0. The summed E-state index contributed by atoms with van der Waals surface area (Å²) in [5.74, 6) is 0.674. The fraction of sp³-hybridized carbons (Fsp3) is 0.273. The van der Waals surface area contributed by atoms with Crippen LogP contribution in [0.25, 0.3) is 10.7 Å². The fourth-order valence-electron chi connectivity index (χ4n) is 1.38. The first-order valence-corrected chi connectivity index (χ1v) is 6.87. The Labute approximate surface area is 111 Å². The molecule has 0 amide bonds. The molecule has 5 heteroatoms. The predicted molar refractivity (Wildman–Crippen MR) is 75.0 cm³/mol. The fourth-order valence-corrected chi connectivity index (χ4v) is 2.53. The van der Waals surface area contributed by atoms with Gasteiger partial charge in [-0.3, -0.25) is 4.79 Å². The number of rotatable bonds is 2. The van der Waals surface area contributed by atoms with Crippen LogP contribution >= 0.6 is 33.9 Å². The lowest BCUT2D eigenvalue weighted by molar-refractivity contribution is 1.06. The summed E-state index contributed by atoms with van der Waals surface area (Å²) in [6.45, 7) is 3.97. The van der Waals surface area contributed by atoms with Crippen LogP contribution in [-0.4, -0.2) is 9.97 Å². The van der Waals surface area contributed by atoms with Gasteiger partial charge in [0.2, 0.25) is 0 Å². The van der Waals surface area contributed by atoms with Gasteiger partial charge in [-0.25, -0.2) is 4.98 Å². The van der Waals surface area contributed by atoms with Crippen molar-refractivity contribution < 1.29 is 0 Å². The molecule has 2 rings (SSSR count). The van der Waals surface area contributed by atoms with Gasteiger partial charge in [0.15, 0.2) is 5.82 Å². The summed E-state index contributed by atoms with van der Waals surface area (Å²) in [4.78, 5) is 21.1. The number of nitrogens with one attached hydrogen (secondary N) is 1. The van der Waals surface area contributed by atoms with Crippen molar-refractivity contribution in [1.29, 1.82) is 0 Å². The van der Waals surface area contributed by atoms with Gasteiger partial charge in [0.05, 0.1) is 14.1 Å². The van der Waals surface area contributed by atoms with Crippen LogP contribution in [0.15, 0.2) is 16.9 Å². The van der Waals surface area contributed by atoms with Crippen LogP contribution in [0.2, 0.25) is 0 Å². The second-order valence-corrected chi connectivity index (χ2v) is 5.68. The van der Waals surface area contributed by atoms with Crippen molar-refractivity contribution in [2.24, 2.45) is 0 Å². The van der Waals surface area contributed by atoms with Crippen LogP contribution in [0.3, 0.4) is 0 Å². The van der Waals surface area contributed by atoms with E-state index in [1.165, 1.54) is 4.88 Å². The lowest BCUT2D eigenvalue weighted by Gasteiger charge is -2.00. The molecule has 2 aromatic heterocycles. The van der Waals surface area contributed by atoms with E-state index in [9.17, 15) is 4.79 Å². The normalized spacial score (nSPS) is 10.7. The minimum Gasteiger partial charge on any atom is -0.305 e.